The van der Waals surface area contributed by atoms with Crippen LogP contribution in [-0.2, 0) is 9.53 Å². The Hall–Kier alpha value is -2.65. The molecule has 0 saturated heterocycles. The molecule has 1 aromatic carbocycles. The van der Waals surface area contributed by atoms with E-state index in [9.17, 15) is 9.59 Å². The summed E-state index contributed by atoms with van der Waals surface area (Å²) in [4.78, 5) is 37.8. The molecule has 0 spiro atoms. The number of aromatic amines is 1. The van der Waals surface area contributed by atoms with Gasteiger partial charge in [0.15, 0.2) is 17.5 Å². The maximum Gasteiger partial charge on any atom is 0.317 e. The van der Waals surface area contributed by atoms with Gasteiger partial charge in [0.25, 0.3) is 10.8 Å². The molecule has 0 fully saturated rings. The first-order valence-corrected chi connectivity index (χ1v) is 10.4. The lowest BCUT2D eigenvalue weighted by Gasteiger charge is -2.12. The van der Waals surface area contributed by atoms with Crippen LogP contribution in [0.25, 0.3) is 21.3 Å². The van der Waals surface area contributed by atoms with E-state index < -0.39 is 12.1 Å². The number of H-pyrrole nitrogens is 1. The minimum absolute atomic E-state index is 0.0425. The zero-order valence-corrected chi connectivity index (χ0v) is 17.1. The first kappa shape index (κ1) is 18.7. The monoisotopic (exact) mass is 415 g/mol. The molecule has 0 amide bonds. The second kappa shape index (κ2) is 7.40. The minimum Gasteiger partial charge on any atom is -0.454 e. The molecule has 1 N–H and O–H groups in total. The Bertz CT molecular complexity index is 1210. The molecule has 1 atom stereocenters. The second-order valence-electron chi connectivity index (χ2n) is 6.28. The molecule has 9 heteroatoms. The highest BCUT2D eigenvalue weighted by molar-refractivity contribution is 7.99. The highest BCUT2D eigenvalue weighted by atomic mass is 32.2. The molecule has 1 unspecified atom stereocenters. The summed E-state index contributed by atoms with van der Waals surface area (Å²) in [6.45, 7) is 5.53. The third kappa shape index (κ3) is 3.55. The lowest BCUT2D eigenvalue weighted by Crippen LogP contribution is -2.18. The average molecular weight is 415 g/mol. The first-order valence-electron chi connectivity index (χ1n) is 8.60. The van der Waals surface area contributed by atoms with Gasteiger partial charge in [-0.15, -0.1) is 11.3 Å². The van der Waals surface area contributed by atoms with Crippen molar-refractivity contribution in [2.24, 2.45) is 0 Å². The number of para-hydroxylation sites is 2. The molecule has 28 heavy (non-hydrogen) atoms. The van der Waals surface area contributed by atoms with E-state index in [1.807, 2.05) is 38.1 Å². The van der Waals surface area contributed by atoms with E-state index in [-0.39, 0.29) is 11.3 Å². The molecule has 0 aliphatic rings. The summed E-state index contributed by atoms with van der Waals surface area (Å²) in [5, 5.41) is 1.000. The van der Waals surface area contributed by atoms with Crippen LogP contribution < -0.4 is 5.56 Å². The number of esters is 1. The summed E-state index contributed by atoms with van der Waals surface area (Å²) in [6.07, 6.45) is -0.670. The van der Waals surface area contributed by atoms with E-state index in [0.717, 1.165) is 27.7 Å². The summed E-state index contributed by atoms with van der Waals surface area (Å²) in [5.74, 6) is -0.0686. The van der Waals surface area contributed by atoms with Crippen molar-refractivity contribution < 1.29 is 13.9 Å². The Labute approximate surface area is 168 Å². The summed E-state index contributed by atoms with van der Waals surface area (Å²) in [6, 6.07) is 7.39. The van der Waals surface area contributed by atoms with Crippen molar-refractivity contribution in [2.45, 2.75) is 32.1 Å². The fraction of sp³-hybridized carbons (Fsp3) is 0.263. The number of aryl methyl sites for hydroxylation is 2. The molecular weight excluding hydrogens is 398 g/mol. The van der Waals surface area contributed by atoms with E-state index in [0.29, 0.717) is 26.8 Å². The predicted octanol–water partition coefficient (Wildman–Crippen LogP) is 4.14. The van der Waals surface area contributed by atoms with Gasteiger partial charge in [0.2, 0.25) is 0 Å². The maximum atomic E-state index is 12.4. The molecular formula is C19H17N3O4S2. The van der Waals surface area contributed by atoms with Crippen LogP contribution in [0.15, 0.2) is 38.7 Å². The van der Waals surface area contributed by atoms with E-state index in [2.05, 4.69) is 15.0 Å². The molecule has 0 aliphatic carbocycles. The summed E-state index contributed by atoms with van der Waals surface area (Å²) in [7, 11) is 0. The van der Waals surface area contributed by atoms with Gasteiger partial charge in [0, 0.05) is 4.88 Å². The van der Waals surface area contributed by atoms with Crippen molar-refractivity contribution in [2.75, 3.05) is 5.75 Å². The molecule has 4 aromatic rings. The van der Waals surface area contributed by atoms with Crippen LogP contribution in [0.5, 0.6) is 0 Å². The number of thioether (sulfide) groups is 1. The third-order valence-electron chi connectivity index (χ3n) is 4.34. The highest BCUT2D eigenvalue weighted by Gasteiger charge is 2.19. The number of carbonyl (C=O) groups is 1. The molecule has 144 valence electrons. The predicted molar refractivity (Wildman–Crippen MR) is 109 cm³/mol. The number of benzene rings is 1. The fourth-order valence-corrected chi connectivity index (χ4v) is 4.44. The standard InChI is InChI=1S/C19H17N3O4S2/c1-9-11(3)28-18-15(9)17(24)21-16(22-18)10(2)25-14(23)8-27-19-20-12-6-4-5-7-13(12)26-19/h4-7,10H,8H2,1-3H3,(H,21,22,24). The van der Waals surface area contributed by atoms with Crippen LogP contribution in [0.1, 0.15) is 29.3 Å². The fourth-order valence-electron chi connectivity index (χ4n) is 2.78. The Morgan fingerprint density at radius 3 is 2.89 bits per heavy atom. The van der Waals surface area contributed by atoms with Gasteiger partial charge < -0.3 is 14.1 Å². The smallest absolute Gasteiger partial charge is 0.317 e. The highest BCUT2D eigenvalue weighted by Crippen LogP contribution is 2.27. The summed E-state index contributed by atoms with van der Waals surface area (Å²) >= 11 is 2.62. The van der Waals surface area contributed by atoms with Gasteiger partial charge >= 0.3 is 5.97 Å². The number of fused-ring (bicyclic) bond motifs is 2. The van der Waals surface area contributed by atoms with Gasteiger partial charge in [-0.25, -0.2) is 9.97 Å². The lowest BCUT2D eigenvalue weighted by atomic mass is 10.2. The molecule has 3 heterocycles. The van der Waals surface area contributed by atoms with Crippen molar-refractivity contribution in [1.82, 2.24) is 15.0 Å². The van der Waals surface area contributed by atoms with E-state index in [1.54, 1.807) is 6.92 Å². The molecule has 7 nitrogen and oxygen atoms in total. The minimum atomic E-state index is -0.670. The number of nitrogens with zero attached hydrogens (tertiary/aromatic N) is 2. The molecule has 0 bridgehead atoms. The Morgan fingerprint density at radius 1 is 1.32 bits per heavy atom. The van der Waals surface area contributed by atoms with Gasteiger partial charge in [0.1, 0.15) is 16.1 Å². The normalized spacial score (nSPS) is 12.5. The van der Waals surface area contributed by atoms with Crippen molar-refractivity contribution in [1.29, 1.82) is 0 Å². The first-order chi connectivity index (χ1) is 13.4. The number of oxazole rings is 1. The van der Waals surface area contributed by atoms with Gasteiger partial charge in [-0.3, -0.25) is 9.59 Å². The van der Waals surface area contributed by atoms with Crippen molar-refractivity contribution >= 4 is 50.4 Å². The molecule has 0 aliphatic heterocycles. The van der Waals surface area contributed by atoms with Gasteiger partial charge in [-0.1, -0.05) is 23.9 Å². The van der Waals surface area contributed by atoms with Gasteiger partial charge in [-0.2, -0.15) is 0 Å². The zero-order valence-electron chi connectivity index (χ0n) is 15.4. The van der Waals surface area contributed by atoms with Crippen LogP contribution in [-0.4, -0.2) is 26.7 Å². The number of nitrogens with one attached hydrogen (secondary N) is 1. The van der Waals surface area contributed by atoms with E-state index >= 15 is 0 Å². The number of rotatable bonds is 5. The number of ether oxygens (including phenoxy) is 1. The van der Waals surface area contributed by atoms with E-state index in [4.69, 9.17) is 9.15 Å². The summed E-state index contributed by atoms with van der Waals surface area (Å²) < 4.78 is 11.0. The Kier molecular flexibility index (Phi) is 4.94. The average Bonchev–Trinajstić information content (AvgIpc) is 3.20. The topological polar surface area (TPSA) is 98.1 Å². The van der Waals surface area contributed by atoms with Crippen LogP contribution in [0.4, 0.5) is 0 Å². The van der Waals surface area contributed by atoms with Crippen LogP contribution in [0.3, 0.4) is 0 Å². The van der Waals surface area contributed by atoms with Crippen molar-refractivity contribution in [3.63, 3.8) is 0 Å². The number of carbonyl (C=O) groups excluding carboxylic acids is 1. The quantitative estimate of drug-likeness (QED) is 0.386. The summed E-state index contributed by atoms with van der Waals surface area (Å²) in [5.41, 5.74) is 2.12. The number of hydrogen-bond acceptors (Lipinski definition) is 8. The third-order valence-corrected chi connectivity index (χ3v) is 6.24. The van der Waals surface area contributed by atoms with Crippen LogP contribution in [0.2, 0.25) is 0 Å². The number of thiophene rings is 1. The largest absolute Gasteiger partial charge is 0.454 e. The Morgan fingerprint density at radius 2 is 2.11 bits per heavy atom. The Balaban J connectivity index is 1.44. The number of hydrogen-bond donors (Lipinski definition) is 1. The van der Waals surface area contributed by atoms with Gasteiger partial charge in [-0.05, 0) is 38.5 Å². The number of aromatic nitrogens is 3. The second-order valence-corrected chi connectivity index (χ2v) is 8.41. The molecule has 3 aromatic heterocycles. The molecule has 0 saturated carbocycles. The molecule has 4 rings (SSSR count). The van der Waals surface area contributed by atoms with Gasteiger partial charge in [0.05, 0.1) is 5.39 Å². The maximum absolute atomic E-state index is 12.4. The zero-order chi connectivity index (χ0) is 19.8. The van der Waals surface area contributed by atoms with Crippen molar-refractivity contribution in [3.8, 4) is 0 Å². The van der Waals surface area contributed by atoms with Crippen molar-refractivity contribution in [3.05, 3.63) is 50.9 Å². The lowest BCUT2D eigenvalue weighted by molar-refractivity contribution is -0.145. The SMILES string of the molecule is Cc1sc2nc(C(C)OC(=O)CSc3nc4ccccc4o3)[nH]c(=O)c2c1C. The van der Waals surface area contributed by atoms with E-state index in [1.165, 1.54) is 11.3 Å². The van der Waals surface area contributed by atoms with Crippen LogP contribution in [0, 0.1) is 13.8 Å². The van der Waals surface area contributed by atoms with Crippen LogP contribution >= 0.6 is 23.1 Å². The molecule has 0 radical (unpaired) electrons.